The summed E-state index contributed by atoms with van der Waals surface area (Å²) in [6, 6.07) is 9.02. The monoisotopic (exact) mass is 289 g/mol. The van der Waals surface area contributed by atoms with Gasteiger partial charge in [-0.3, -0.25) is 9.88 Å². The van der Waals surface area contributed by atoms with Gasteiger partial charge in [0, 0.05) is 29.4 Å². The standard InChI is InChI=1S/C16H23N3S/c1-4-14(17)16(13-7-5-9-18-11-13)19(3)12(2)15-8-6-10-20-15/h5-12,14,16H,4,17H2,1-3H3. The maximum atomic E-state index is 6.38. The average Bonchev–Trinajstić information content (AvgIpc) is 3.01. The second-order valence-corrected chi connectivity index (χ2v) is 6.14. The molecule has 3 atom stereocenters. The van der Waals surface area contributed by atoms with E-state index in [1.54, 1.807) is 17.5 Å². The smallest absolute Gasteiger partial charge is 0.0517 e. The zero-order chi connectivity index (χ0) is 14.5. The molecule has 0 aliphatic heterocycles. The molecular formula is C16H23N3S. The average molecular weight is 289 g/mol. The molecular weight excluding hydrogens is 266 g/mol. The van der Waals surface area contributed by atoms with E-state index >= 15 is 0 Å². The summed E-state index contributed by atoms with van der Waals surface area (Å²) in [5.74, 6) is 0. The molecule has 3 unspecified atom stereocenters. The van der Waals surface area contributed by atoms with Crippen LogP contribution in [0.3, 0.4) is 0 Å². The highest BCUT2D eigenvalue weighted by Gasteiger charge is 2.27. The van der Waals surface area contributed by atoms with Gasteiger partial charge in [-0.05, 0) is 43.5 Å². The molecule has 0 aliphatic rings. The molecule has 0 radical (unpaired) electrons. The Morgan fingerprint density at radius 2 is 2.15 bits per heavy atom. The number of nitrogens with zero attached hydrogens (tertiary/aromatic N) is 2. The molecule has 0 aliphatic carbocycles. The second kappa shape index (κ2) is 6.97. The van der Waals surface area contributed by atoms with Gasteiger partial charge in [0.2, 0.25) is 0 Å². The van der Waals surface area contributed by atoms with E-state index in [1.165, 1.54) is 10.4 Å². The van der Waals surface area contributed by atoms with Crippen LogP contribution in [-0.2, 0) is 0 Å². The first kappa shape index (κ1) is 15.2. The van der Waals surface area contributed by atoms with Gasteiger partial charge in [0.05, 0.1) is 6.04 Å². The van der Waals surface area contributed by atoms with Crippen LogP contribution in [0.15, 0.2) is 42.0 Å². The van der Waals surface area contributed by atoms with Crippen molar-refractivity contribution in [3.63, 3.8) is 0 Å². The summed E-state index contributed by atoms with van der Waals surface area (Å²) < 4.78 is 0. The molecule has 0 bridgehead atoms. The molecule has 108 valence electrons. The van der Waals surface area contributed by atoms with Crippen molar-refractivity contribution in [2.45, 2.75) is 38.4 Å². The second-order valence-electron chi connectivity index (χ2n) is 5.16. The van der Waals surface area contributed by atoms with E-state index < -0.39 is 0 Å². The van der Waals surface area contributed by atoms with E-state index in [1.807, 2.05) is 12.3 Å². The van der Waals surface area contributed by atoms with Crippen molar-refractivity contribution in [1.29, 1.82) is 0 Å². The van der Waals surface area contributed by atoms with Crippen LogP contribution in [0, 0.1) is 0 Å². The Hall–Kier alpha value is -1.23. The molecule has 3 nitrogen and oxygen atoms in total. The highest BCUT2D eigenvalue weighted by Crippen LogP contribution is 2.32. The summed E-state index contributed by atoms with van der Waals surface area (Å²) in [4.78, 5) is 7.97. The molecule has 2 N–H and O–H groups in total. The fourth-order valence-electron chi connectivity index (χ4n) is 2.53. The van der Waals surface area contributed by atoms with Crippen molar-refractivity contribution in [3.8, 4) is 0 Å². The van der Waals surface area contributed by atoms with Crippen molar-refractivity contribution in [2.75, 3.05) is 7.05 Å². The summed E-state index contributed by atoms with van der Waals surface area (Å²) in [5.41, 5.74) is 7.56. The van der Waals surface area contributed by atoms with Crippen molar-refractivity contribution < 1.29 is 0 Å². The Labute approximate surface area is 125 Å². The molecule has 20 heavy (non-hydrogen) atoms. The van der Waals surface area contributed by atoms with E-state index in [0.717, 1.165) is 6.42 Å². The lowest BCUT2D eigenvalue weighted by Crippen LogP contribution is -2.39. The third-order valence-electron chi connectivity index (χ3n) is 3.91. The van der Waals surface area contributed by atoms with Crippen LogP contribution < -0.4 is 5.73 Å². The van der Waals surface area contributed by atoms with E-state index in [0.29, 0.717) is 6.04 Å². The highest BCUT2D eigenvalue weighted by molar-refractivity contribution is 7.10. The third-order valence-corrected chi connectivity index (χ3v) is 4.95. The SMILES string of the molecule is CCC(N)C(c1cccnc1)N(C)C(C)c1cccs1. The van der Waals surface area contributed by atoms with Gasteiger partial charge in [0.25, 0.3) is 0 Å². The summed E-state index contributed by atoms with van der Waals surface area (Å²) >= 11 is 1.79. The minimum absolute atomic E-state index is 0.103. The lowest BCUT2D eigenvalue weighted by molar-refractivity contribution is 0.160. The van der Waals surface area contributed by atoms with Gasteiger partial charge in [-0.1, -0.05) is 19.1 Å². The summed E-state index contributed by atoms with van der Waals surface area (Å²) in [7, 11) is 2.15. The molecule has 2 aromatic rings. The highest BCUT2D eigenvalue weighted by atomic mass is 32.1. The number of pyridine rings is 1. The van der Waals surface area contributed by atoms with E-state index in [4.69, 9.17) is 5.73 Å². The van der Waals surface area contributed by atoms with Gasteiger partial charge in [-0.2, -0.15) is 0 Å². The normalized spacial score (nSPS) is 16.1. The molecule has 4 heteroatoms. The minimum atomic E-state index is 0.103. The number of hydrogen-bond donors (Lipinski definition) is 1. The lowest BCUT2D eigenvalue weighted by Gasteiger charge is -2.36. The fourth-order valence-corrected chi connectivity index (χ4v) is 3.36. The van der Waals surface area contributed by atoms with Crippen molar-refractivity contribution >= 4 is 11.3 Å². The fraction of sp³-hybridized carbons (Fsp3) is 0.438. The molecule has 0 saturated heterocycles. The minimum Gasteiger partial charge on any atom is -0.326 e. The Bertz CT molecular complexity index is 498. The van der Waals surface area contributed by atoms with Gasteiger partial charge in [-0.25, -0.2) is 0 Å². The van der Waals surface area contributed by atoms with Gasteiger partial charge >= 0.3 is 0 Å². The van der Waals surface area contributed by atoms with Crippen LogP contribution in [0.4, 0.5) is 0 Å². The first-order valence-electron chi connectivity index (χ1n) is 7.06. The maximum Gasteiger partial charge on any atom is 0.0517 e. The zero-order valence-corrected chi connectivity index (χ0v) is 13.2. The number of hydrogen-bond acceptors (Lipinski definition) is 4. The molecule has 2 aromatic heterocycles. The first-order chi connectivity index (χ1) is 9.65. The molecule has 2 rings (SSSR count). The first-order valence-corrected chi connectivity index (χ1v) is 7.94. The van der Waals surface area contributed by atoms with Crippen molar-refractivity contribution in [3.05, 3.63) is 52.5 Å². The van der Waals surface area contributed by atoms with Crippen LogP contribution in [-0.4, -0.2) is 23.0 Å². The Kier molecular flexibility index (Phi) is 5.29. The van der Waals surface area contributed by atoms with Crippen LogP contribution in [0.2, 0.25) is 0 Å². The maximum absolute atomic E-state index is 6.38. The third kappa shape index (κ3) is 3.26. The molecule has 0 spiro atoms. The number of nitrogens with two attached hydrogens (primary N) is 1. The number of thiophene rings is 1. The Morgan fingerprint density at radius 3 is 2.70 bits per heavy atom. The largest absolute Gasteiger partial charge is 0.326 e. The zero-order valence-electron chi connectivity index (χ0n) is 12.4. The van der Waals surface area contributed by atoms with E-state index in [-0.39, 0.29) is 12.1 Å². The number of rotatable bonds is 6. The molecule has 0 fully saturated rings. The predicted molar refractivity (Wildman–Crippen MR) is 85.7 cm³/mol. The topological polar surface area (TPSA) is 42.1 Å². The van der Waals surface area contributed by atoms with E-state index in [9.17, 15) is 0 Å². The summed E-state index contributed by atoms with van der Waals surface area (Å²) in [5, 5.41) is 2.12. The van der Waals surface area contributed by atoms with Crippen LogP contribution in [0.5, 0.6) is 0 Å². The van der Waals surface area contributed by atoms with Gasteiger partial charge in [0.15, 0.2) is 0 Å². The van der Waals surface area contributed by atoms with Crippen molar-refractivity contribution in [1.82, 2.24) is 9.88 Å². The molecule has 2 heterocycles. The van der Waals surface area contributed by atoms with Crippen LogP contribution in [0.25, 0.3) is 0 Å². The lowest BCUT2D eigenvalue weighted by atomic mass is 9.96. The molecule has 0 saturated carbocycles. The van der Waals surface area contributed by atoms with Gasteiger partial charge < -0.3 is 5.73 Å². The van der Waals surface area contributed by atoms with Crippen LogP contribution in [0.1, 0.15) is 42.8 Å². The predicted octanol–water partition coefficient (Wildman–Crippen LogP) is 3.61. The van der Waals surface area contributed by atoms with Gasteiger partial charge in [-0.15, -0.1) is 11.3 Å². The summed E-state index contributed by atoms with van der Waals surface area (Å²) in [6.07, 6.45) is 4.68. The van der Waals surface area contributed by atoms with Gasteiger partial charge in [0.1, 0.15) is 0 Å². The Balaban J connectivity index is 2.27. The van der Waals surface area contributed by atoms with E-state index in [2.05, 4.69) is 54.4 Å². The quantitative estimate of drug-likeness (QED) is 0.883. The summed E-state index contributed by atoms with van der Waals surface area (Å²) in [6.45, 7) is 4.37. The molecule has 0 aromatic carbocycles. The number of likely N-dealkylation sites (N-methyl/N-ethyl adjacent to an activating group) is 1. The van der Waals surface area contributed by atoms with Crippen LogP contribution >= 0.6 is 11.3 Å². The molecule has 0 amide bonds. The van der Waals surface area contributed by atoms with Crippen molar-refractivity contribution in [2.24, 2.45) is 5.73 Å². The Morgan fingerprint density at radius 1 is 1.35 bits per heavy atom. The number of aromatic nitrogens is 1.